The summed E-state index contributed by atoms with van der Waals surface area (Å²) in [6.07, 6.45) is 3.97. The maximum atomic E-state index is 12.1. The van der Waals surface area contributed by atoms with Gasteiger partial charge in [-0.1, -0.05) is 37.1 Å². The van der Waals surface area contributed by atoms with E-state index < -0.39 is 6.04 Å². The molecule has 1 aromatic carbocycles. The maximum absolute atomic E-state index is 12.1. The van der Waals surface area contributed by atoms with Crippen molar-refractivity contribution in [2.24, 2.45) is 11.7 Å². The average molecular weight is 317 g/mol. The highest BCUT2D eigenvalue weighted by Crippen LogP contribution is 2.41. The quantitative estimate of drug-likeness (QED) is 0.844. The summed E-state index contributed by atoms with van der Waals surface area (Å²) >= 11 is 5.90. The summed E-state index contributed by atoms with van der Waals surface area (Å²) in [4.78, 5) is 12.1. The van der Waals surface area contributed by atoms with Crippen molar-refractivity contribution in [1.29, 1.82) is 0 Å². The molecule has 2 rings (SSSR count). The van der Waals surface area contributed by atoms with Crippen LogP contribution in [0.15, 0.2) is 24.3 Å². The van der Waals surface area contributed by atoms with Crippen LogP contribution in [0.3, 0.4) is 0 Å². The number of nitrogens with two attached hydrogens (primary N) is 1. The standard InChI is InChI=1S/C15H21ClN2O.ClH/c1-2-3-13(17)15(19)18-14(10-4-5-10)11-6-8-12(16)9-7-11;/h6-10,13-14H,2-5,17H2,1H3,(H,18,19);1H. The number of nitrogens with one attached hydrogen (secondary N) is 1. The number of halogens is 2. The first-order chi connectivity index (χ1) is 9.11. The third-order valence-electron chi connectivity index (χ3n) is 3.56. The molecular formula is C15H22Cl2N2O. The van der Waals surface area contributed by atoms with Crippen LogP contribution < -0.4 is 11.1 Å². The van der Waals surface area contributed by atoms with Gasteiger partial charge in [-0.2, -0.15) is 0 Å². The zero-order chi connectivity index (χ0) is 13.8. The highest BCUT2D eigenvalue weighted by atomic mass is 35.5. The molecule has 1 saturated carbocycles. The van der Waals surface area contributed by atoms with Gasteiger partial charge in [0.15, 0.2) is 0 Å². The van der Waals surface area contributed by atoms with Gasteiger partial charge in [-0.05, 0) is 42.9 Å². The molecule has 1 amide bonds. The molecule has 1 fully saturated rings. The molecule has 0 spiro atoms. The lowest BCUT2D eigenvalue weighted by Crippen LogP contribution is -2.42. The first-order valence-corrected chi connectivity index (χ1v) is 7.31. The summed E-state index contributed by atoms with van der Waals surface area (Å²) in [5, 5.41) is 3.81. The van der Waals surface area contributed by atoms with Crippen molar-refractivity contribution in [3.05, 3.63) is 34.9 Å². The molecule has 1 aliphatic rings. The van der Waals surface area contributed by atoms with E-state index in [-0.39, 0.29) is 24.4 Å². The van der Waals surface area contributed by atoms with Gasteiger partial charge in [0.25, 0.3) is 0 Å². The van der Waals surface area contributed by atoms with Crippen molar-refractivity contribution >= 4 is 29.9 Å². The topological polar surface area (TPSA) is 55.1 Å². The summed E-state index contributed by atoms with van der Waals surface area (Å²) < 4.78 is 0. The van der Waals surface area contributed by atoms with E-state index in [1.807, 2.05) is 31.2 Å². The van der Waals surface area contributed by atoms with Crippen LogP contribution in [-0.2, 0) is 4.79 Å². The van der Waals surface area contributed by atoms with Crippen LogP contribution in [0.5, 0.6) is 0 Å². The SMILES string of the molecule is CCCC(N)C(=O)NC(c1ccc(Cl)cc1)C1CC1.Cl. The van der Waals surface area contributed by atoms with Crippen molar-refractivity contribution in [3.63, 3.8) is 0 Å². The fraction of sp³-hybridized carbons (Fsp3) is 0.533. The zero-order valence-corrected chi connectivity index (χ0v) is 13.2. The minimum atomic E-state index is -0.404. The number of carbonyl (C=O) groups is 1. The summed E-state index contributed by atoms with van der Waals surface area (Å²) in [7, 11) is 0. The Bertz CT molecular complexity index is 432. The first kappa shape index (κ1) is 17.3. The molecule has 5 heteroatoms. The predicted molar refractivity (Wildman–Crippen MR) is 85.2 cm³/mol. The molecular weight excluding hydrogens is 295 g/mol. The van der Waals surface area contributed by atoms with E-state index in [9.17, 15) is 4.79 Å². The third kappa shape index (κ3) is 4.65. The van der Waals surface area contributed by atoms with Crippen LogP contribution in [0.4, 0.5) is 0 Å². The molecule has 0 bridgehead atoms. The lowest BCUT2D eigenvalue weighted by molar-refractivity contribution is -0.123. The number of carbonyl (C=O) groups excluding carboxylic acids is 1. The zero-order valence-electron chi connectivity index (χ0n) is 11.6. The highest BCUT2D eigenvalue weighted by molar-refractivity contribution is 6.30. The van der Waals surface area contributed by atoms with Crippen LogP contribution in [0, 0.1) is 5.92 Å². The molecule has 0 aromatic heterocycles. The molecule has 0 saturated heterocycles. The molecule has 20 heavy (non-hydrogen) atoms. The lowest BCUT2D eigenvalue weighted by atomic mass is 10.0. The van der Waals surface area contributed by atoms with E-state index in [4.69, 9.17) is 17.3 Å². The van der Waals surface area contributed by atoms with Gasteiger partial charge in [0.05, 0.1) is 12.1 Å². The Labute approximate surface area is 131 Å². The van der Waals surface area contributed by atoms with Crippen molar-refractivity contribution in [3.8, 4) is 0 Å². The van der Waals surface area contributed by atoms with Gasteiger partial charge < -0.3 is 11.1 Å². The van der Waals surface area contributed by atoms with Gasteiger partial charge in [-0.25, -0.2) is 0 Å². The fourth-order valence-electron chi connectivity index (χ4n) is 2.28. The lowest BCUT2D eigenvalue weighted by Gasteiger charge is -2.21. The van der Waals surface area contributed by atoms with Crippen molar-refractivity contribution in [1.82, 2.24) is 5.32 Å². The Morgan fingerprint density at radius 1 is 1.40 bits per heavy atom. The predicted octanol–water partition coefficient (Wildman–Crippen LogP) is 3.46. The van der Waals surface area contributed by atoms with Crippen molar-refractivity contribution in [2.45, 2.75) is 44.7 Å². The smallest absolute Gasteiger partial charge is 0.237 e. The second-order valence-electron chi connectivity index (χ2n) is 5.27. The number of hydrogen-bond donors (Lipinski definition) is 2. The minimum Gasteiger partial charge on any atom is -0.348 e. The Balaban J connectivity index is 0.00000200. The van der Waals surface area contributed by atoms with Crippen LogP contribution in [0.2, 0.25) is 5.02 Å². The first-order valence-electron chi connectivity index (χ1n) is 6.93. The number of benzene rings is 1. The Morgan fingerprint density at radius 2 is 2.00 bits per heavy atom. The Morgan fingerprint density at radius 3 is 2.50 bits per heavy atom. The molecule has 112 valence electrons. The molecule has 1 aliphatic carbocycles. The number of amides is 1. The van der Waals surface area contributed by atoms with Gasteiger partial charge >= 0.3 is 0 Å². The van der Waals surface area contributed by atoms with Crippen LogP contribution >= 0.6 is 24.0 Å². The van der Waals surface area contributed by atoms with Crippen LogP contribution in [0.25, 0.3) is 0 Å². The molecule has 1 aromatic rings. The molecule has 0 aliphatic heterocycles. The van der Waals surface area contributed by atoms with Gasteiger partial charge in [-0.15, -0.1) is 12.4 Å². The van der Waals surface area contributed by atoms with E-state index in [1.165, 1.54) is 0 Å². The van der Waals surface area contributed by atoms with Crippen LogP contribution in [0.1, 0.15) is 44.2 Å². The van der Waals surface area contributed by atoms with E-state index in [2.05, 4.69) is 5.32 Å². The van der Waals surface area contributed by atoms with E-state index in [0.29, 0.717) is 10.9 Å². The van der Waals surface area contributed by atoms with Crippen molar-refractivity contribution in [2.75, 3.05) is 0 Å². The van der Waals surface area contributed by atoms with E-state index >= 15 is 0 Å². The molecule has 0 heterocycles. The normalized spacial score (nSPS) is 16.9. The Hall–Kier alpha value is -0.770. The van der Waals surface area contributed by atoms with Gasteiger partial charge in [0.2, 0.25) is 5.91 Å². The molecule has 2 atom stereocenters. The maximum Gasteiger partial charge on any atom is 0.237 e. The van der Waals surface area contributed by atoms with Gasteiger partial charge in [-0.3, -0.25) is 4.79 Å². The largest absolute Gasteiger partial charge is 0.348 e. The average Bonchev–Trinajstić information content (AvgIpc) is 3.21. The summed E-state index contributed by atoms with van der Waals surface area (Å²) in [5.74, 6) is 0.493. The summed E-state index contributed by atoms with van der Waals surface area (Å²) in [6, 6.07) is 7.37. The van der Waals surface area contributed by atoms with E-state index in [0.717, 1.165) is 31.2 Å². The summed E-state index contributed by atoms with van der Waals surface area (Å²) in [6.45, 7) is 2.03. The number of rotatable bonds is 6. The molecule has 2 unspecified atom stereocenters. The third-order valence-corrected chi connectivity index (χ3v) is 3.81. The van der Waals surface area contributed by atoms with Gasteiger partial charge in [0, 0.05) is 5.02 Å². The van der Waals surface area contributed by atoms with Crippen LogP contribution in [-0.4, -0.2) is 11.9 Å². The summed E-state index contributed by atoms with van der Waals surface area (Å²) in [5.41, 5.74) is 6.98. The minimum absolute atomic E-state index is 0. The second-order valence-corrected chi connectivity index (χ2v) is 5.71. The van der Waals surface area contributed by atoms with E-state index in [1.54, 1.807) is 0 Å². The molecule has 0 radical (unpaired) electrons. The highest BCUT2D eigenvalue weighted by Gasteiger charge is 2.34. The second kappa shape index (κ2) is 7.87. The molecule has 3 nitrogen and oxygen atoms in total. The number of hydrogen-bond acceptors (Lipinski definition) is 2. The van der Waals surface area contributed by atoms with Crippen molar-refractivity contribution < 1.29 is 4.79 Å². The Kier molecular flexibility index (Phi) is 6.80. The van der Waals surface area contributed by atoms with Gasteiger partial charge in [0.1, 0.15) is 0 Å². The molecule has 3 N–H and O–H groups in total. The monoisotopic (exact) mass is 316 g/mol. The fourth-order valence-corrected chi connectivity index (χ4v) is 2.40.